The van der Waals surface area contributed by atoms with Crippen LogP contribution in [0.3, 0.4) is 0 Å². The number of nitrogens with zero attached hydrogens (tertiary/aromatic N) is 4. The van der Waals surface area contributed by atoms with Crippen molar-refractivity contribution >= 4 is 28.8 Å². The normalized spacial score (nSPS) is 11.3. The average Bonchev–Trinajstić information content (AvgIpc) is 2.82. The van der Waals surface area contributed by atoms with Crippen molar-refractivity contribution in [2.45, 2.75) is 26.8 Å². The van der Waals surface area contributed by atoms with E-state index < -0.39 is 5.91 Å². The van der Waals surface area contributed by atoms with E-state index in [1.165, 1.54) is 6.20 Å². The number of hydrogen-bond acceptors (Lipinski definition) is 5. The van der Waals surface area contributed by atoms with Gasteiger partial charge in [0.25, 0.3) is 5.91 Å². The minimum absolute atomic E-state index is 0.302. The number of anilines is 1. The molecule has 0 aliphatic rings. The van der Waals surface area contributed by atoms with Gasteiger partial charge < -0.3 is 5.73 Å². The Kier molecular flexibility index (Phi) is 3.74. The van der Waals surface area contributed by atoms with Crippen molar-refractivity contribution in [1.82, 2.24) is 14.8 Å². The monoisotopic (exact) mass is 260 g/mol. The summed E-state index contributed by atoms with van der Waals surface area (Å²) in [7, 11) is 0. The number of fused-ring (bicyclic) bond motifs is 1. The number of nitrogens with two attached hydrogens (primary N) is 1. The molecule has 2 aromatic heterocycles. The van der Waals surface area contributed by atoms with Gasteiger partial charge in [-0.3, -0.25) is 10.2 Å². The molecule has 1 amide bonds. The summed E-state index contributed by atoms with van der Waals surface area (Å²) < 4.78 is 1.74. The third kappa shape index (κ3) is 2.40. The molecular formula is C12H16N6O. The van der Waals surface area contributed by atoms with Crippen molar-refractivity contribution in [3.63, 3.8) is 0 Å². The summed E-state index contributed by atoms with van der Waals surface area (Å²) >= 11 is 0. The van der Waals surface area contributed by atoms with Gasteiger partial charge in [-0.2, -0.15) is 10.2 Å². The van der Waals surface area contributed by atoms with E-state index in [-0.39, 0.29) is 0 Å². The van der Waals surface area contributed by atoms with Gasteiger partial charge in [0.05, 0.1) is 22.8 Å². The zero-order chi connectivity index (χ0) is 13.8. The molecule has 0 aliphatic carbocycles. The first-order chi connectivity index (χ1) is 9.19. The van der Waals surface area contributed by atoms with Gasteiger partial charge in [0.1, 0.15) is 0 Å². The Morgan fingerprint density at radius 1 is 1.53 bits per heavy atom. The molecule has 7 nitrogen and oxygen atoms in total. The smallest absolute Gasteiger partial charge is 0.252 e. The second-order valence-electron chi connectivity index (χ2n) is 3.94. The highest BCUT2D eigenvalue weighted by atomic mass is 16.1. The maximum absolute atomic E-state index is 11.4. The fourth-order valence-corrected chi connectivity index (χ4v) is 1.77. The van der Waals surface area contributed by atoms with Crippen LogP contribution in [0.2, 0.25) is 0 Å². The number of hydrazone groups is 1. The van der Waals surface area contributed by atoms with E-state index in [0.29, 0.717) is 23.4 Å². The van der Waals surface area contributed by atoms with Gasteiger partial charge >= 0.3 is 0 Å². The van der Waals surface area contributed by atoms with Crippen LogP contribution in [0.4, 0.5) is 5.69 Å². The lowest BCUT2D eigenvalue weighted by molar-refractivity contribution is 0.100. The molecule has 2 rings (SSSR count). The van der Waals surface area contributed by atoms with Crippen molar-refractivity contribution in [3.8, 4) is 0 Å². The number of nitrogens with one attached hydrogen (secondary N) is 1. The molecule has 0 unspecified atom stereocenters. The largest absolute Gasteiger partial charge is 0.365 e. The number of pyridine rings is 1. The SMILES string of the molecule is CCC=NNc1c(C(N)=O)cnc2c1cnn2CC. The van der Waals surface area contributed by atoms with Crippen molar-refractivity contribution in [3.05, 3.63) is 18.0 Å². The number of hydrogen-bond donors (Lipinski definition) is 2. The summed E-state index contributed by atoms with van der Waals surface area (Å²) in [6.07, 6.45) is 5.60. The predicted octanol–water partition coefficient (Wildman–Crippen LogP) is 1.36. The molecular weight excluding hydrogens is 244 g/mol. The van der Waals surface area contributed by atoms with Crippen LogP contribution in [-0.4, -0.2) is 26.9 Å². The minimum Gasteiger partial charge on any atom is -0.365 e. The minimum atomic E-state index is -0.548. The van der Waals surface area contributed by atoms with Gasteiger partial charge in [-0.25, -0.2) is 9.67 Å². The quantitative estimate of drug-likeness (QED) is 0.626. The van der Waals surface area contributed by atoms with E-state index in [9.17, 15) is 4.79 Å². The van der Waals surface area contributed by atoms with Gasteiger partial charge in [-0.1, -0.05) is 6.92 Å². The van der Waals surface area contributed by atoms with Crippen LogP contribution in [-0.2, 0) is 6.54 Å². The highest BCUT2D eigenvalue weighted by molar-refractivity contribution is 6.05. The van der Waals surface area contributed by atoms with Crippen LogP contribution in [0.5, 0.6) is 0 Å². The molecule has 3 N–H and O–H groups in total. The topological polar surface area (TPSA) is 98.2 Å². The van der Waals surface area contributed by atoms with Crippen LogP contribution < -0.4 is 11.2 Å². The molecule has 0 atom stereocenters. The first-order valence-corrected chi connectivity index (χ1v) is 6.10. The first-order valence-electron chi connectivity index (χ1n) is 6.10. The van der Waals surface area contributed by atoms with Crippen LogP contribution >= 0.6 is 0 Å². The Bertz CT molecular complexity index is 630. The molecule has 2 aromatic rings. The zero-order valence-electron chi connectivity index (χ0n) is 10.9. The van der Waals surface area contributed by atoms with Crippen molar-refractivity contribution in [1.29, 1.82) is 0 Å². The predicted molar refractivity (Wildman–Crippen MR) is 74.1 cm³/mol. The highest BCUT2D eigenvalue weighted by Gasteiger charge is 2.15. The van der Waals surface area contributed by atoms with E-state index in [1.54, 1.807) is 17.1 Å². The lowest BCUT2D eigenvalue weighted by Gasteiger charge is -2.07. The molecule has 2 heterocycles. The fourth-order valence-electron chi connectivity index (χ4n) is 1.77. The third-order valence-corrected chi connectivity index (χ3v) is 2.68. The van der Waals surface area contributed by atoms with Gasteiger partial charge in [0.2, 0.25) is 0 Å². The van der Waals surface area contributed by atoms with Crippen molar-refractivity contribution in [2.24, 2.45) is 10.8 Å². The molecule has 100 valence electrons. The molecule has 7 heteroatoms. The summed E-state index contributed by atoms with van der Waals surface area (Å²) in [5.74, 6) is -0.548. The Hall–Kier alpha value is -2.44. The van der Waals surface area contributed by atoms with E-state index in [1.807, 2.05) is 13.8 Å². The highest BCUT2D eigenvalue weighted by Crippen LogP contribution is 2.25. The fraction of sp³-hybridized carbons (Fsp3) is 0.333. The summed E-state index contributed by atoms with van der Waals surface area (Å²) in [5.41, 5.74) is 9.74. The van der Waals surface area contributed by atoms with Crippen LogP contribution in [0, 0.1) is 0 Å². The molecule has 0 aliphatic heterocycles. The van der Waals surface area contributed by atoms with Gasteiger partial charge in [0.15, 0.2) is 5.65 Å². The summed E-state index contributed by atoms with van der Waals surface area (Å²) in [4.78, 5) is 15.7. The van der Waals surface area contributed by atoms with E-state index in [2.05, 4.69) is 20.6 Å². The lowest BCUT2D eigenvalue weighted by atomic mass is 10.2. The molecule has 0 aromatic carbocycles. The number of rotatable bonds is 5. The number of aryl methyl sites for hydroxylation is 1. The second-order valence-corrected chi connectivity index (χ2v) is 3.94. The van der Waals surface area contributed by atoms with E-state index >= 15 is 0 Å². The molecule has 0 fully saturated rings. The molecule has 0 bridgehead atoms. The number of carbonyl (C=O) groups excluding carboxylic acids is 1. The van der Waals surface area contributed by atoms with Crippen molar-refractivity contribution < 1.29 is 4.79 Å². The summed E-state index contributed by atoms with van der Waals surface area (Å²) in [6.45, 7) is 4.64. The maximum atomic E-state index is 11.4. The molecule has 0 saturated heterocycles. The van der Waals surface area contributed by atoms with Crippen molar-refractivity contribution in [2.75, 3.05) is 5.43 Å². The Morgan fingerprint density at radius 3 is 2.95 bits per heavy atom. The van der Waals surface area contributed by atoms with Crippen LogP contribution in [0.1, 0.15) is 30.6 Å². The van der Waals surface area contributed by atoms with Gasteiger partial charge in [-0.05, 0) is 13.3 Å². The van der Waals surface area contributed by atoms with Crippen LogP contribution in [0.25, 0.3) is 11.0 Å². The average molecular weight is 260 g/mol. The molecule has 0 saturated carbocycles. The van der Waals surface area contributed by atoms with E-state index in [0.717, 1.165) is 11.8 Å². The number of primary amides is 1. The first kappa shape index (κ1) is 13.0. The van der Waals surface area contributed by atoms with Gasteiger partial charge in [-0.15, -0.1) is 0 Å². The van der Waals surface area contributed by atoms with E-state index in [4.69, 9.17) is 5.73 Å². The third-order valence-electron chi connectivity index (χ3n) is 2.68. The number of aromatic nitrogens is 3. The summed E-state index contributed by atoms with van der Waals surface area (Å²) in [5, 5.41) is 8.98. The number of amides is 1. The van der Waals surface area contributed by atoms with Gasteiger partial charge in [0, 0.05) is 19.0 Å². The standard InChI is InChI=1S/C12H16N6O/c1-3-5-15-17-10-8(11(13)19)6-14-12-9(10)7-16-18(12)4-2/h5-7H,3-4H2,1-2H3,(H2,13,19)(H,14,17). The second kappa shape index (κ2) is 5.47. The Labute approximate surface area is 110 Å². The lowest BCUT2D eigenvalue weighted by Crippen LogP contribution is -2.14. The Morgan fingerprint density at radius 2 is 2.32 bits per heavy atom. The molecule has 0 spiro atoms. The Balaban J connectivity index is 2.59. The molecule has 0 radical (unpaired) electrons. The number of carbonyl (C=O) groups is 1. The zero-order valence-corrected chi connectivity index (χ0v) is 10.9. The maximum Gasteiger partial charge on any atom is 0.252 e. The summed E-state index contributed by atoms with van der Waals surface area (Å²) in [6, 6.07) is 0. The molecule has 19 heavy (non-hydrogen) atoms. The van der Waals surface area contributed by atoms with Crippen LogP contribution in [0.15, 0.2) is 17.5 Å².